The number of hydrogen-bond donors (Lipinski definition) is 0. The zero-order valence-corrected chi connectivity index (χ0v) is 21.1. The van der Waals surface area contributed by atoms with Gasteiger partial charge in [-0.05, 0) is 86.0 Å². The van der Waals surface area contributed by atoms with Crippen LogP contribution in [-0.4, -0.2) is 42.1 Å². The van der Waals surface area contributed by atoms with E-state index in [1.807, 2.05) is 32.0 Å². The average molecular weight is 483 g/mol. The average Bonchev–Trinajstić information content (AvgIpc) is 2.83. The number of benzene rings is 3. The minimum Gasteiger partial charge on any atom is -0.497 e. The third-order valence-electron chi connectivity index (χ3n) is 5.78. The number of rotatable bonds is 8. The van der Waals surface area contributed by atoms with E-state index in [0.29, 0.717) is 17.1 Å². The van der Waals surface area contributed by atoms with Gasteiger partial charge in [0.05, 0.1) is 19.9 Å². The molecule has 7 nitrogen and oxygen atoms in total. The Morgan fingerprint density at radius 2 is 1.47 bits per heavy atom. The minimum absolute atomic E-state index is 0.00699. The molecule has 3 rings (SSSR count). The fourth-order valence-corrected chi connectivity index (χ4v) is 5.13. The molecular weight excluding hydrogens is 452 g/mol. The highest BCUT2D eigenvalue weighted by Gasteiger charge is 2.31. The van der Waals surface area contributed by atoms with Gasteiger partial charge in [-0.25, -0.2) is 8.42 Å². The van der Waals surface area contributed by atoms with Crippen LogP contribution in [0.1, 0.15) is 16.7 Å². The molecule has 0 saturated carbocycles. The van der Waals surface area contributed by atoms with Gasteiger partial charge in [0.25, 0.3) is 10.0 Å². The molecule has 0 aromatic heterocycles. The largest absolute Gasteiger partial charge is 0.497 e. The third-order valence-corrected chi connectivity index (χ3v) is 7.57. The number of carbonyl (C=O) groups is 1. The molecule has 34 heavy (non-hydrogen) atoms. The fraction of sp³-hybridized carbons (Fsp3) is 0.269. The van der Waals surface area contributed by atoms with Crippen LogP contribution < -0.4 is 18.7 Å². The SMILES string of the molecule is COc1ccc(N(CC(=O)N(C)c2ccc(C)c(C)c2)S(=O)(=O)c2cc(C)ccc2OC)cc1. The molecular formula is C26H30N2O5S. The number of hydrogen-bond acceptors (Lipinski definition) is 5. The molecule has 0 aliphatic carbocycles. The van der Waals surface area contributed by atoms with E-state index in [1.54, 1.807) is 56.4 Å². The minimum atomic E-state index is -4.14. The molecule has 0 fully saturated rings. The standard InChI is InChI=1S/C26H30N2O5S/c1-18-7-14-24(33-6)25(15-18)34(30,31)28(21-10-12-23(32-5)13-11-21)17-26(29)27(4)22-9-8-19(2)20(3)16-22/h7-16H,17H2,1-6H3. The Labute approximate surface area is 201 Å². The lowest BCUT2D eigenvalue weighted by Crippen LogP contribution is -2.42. The van der Waals surface area contributed by atoms with E-state index in [2.05, 4.69) is 0 Å². The fourth-order valence-electron chi connectivity index (χ4n) is 3.47. The van der Waals surface area contributed by atoms with Gasteiger partial charge in [0.15, 0.2) is 0 Å². The van der Waals surface area contributed by atoms with Gasteiger partial charge in [0.2, 0.25) is 5.91 Å². The summed E-state index contributed by atoms with van der Waals surface area (Å²) >= 11 is 0. The van der Waals surface area contributed by atoms with Crippen LogP contribution in [0.4, 0.5) is 11.4 Å². The summed E-state index contributed by atoms with van der Waals surface area (Å²) in [5.74, 6) is 0.404. The maximum atomic E-state index is 13.9. The van der Waals surface area contributed by atoms with Gasteiger partial charge in [0.1, 0.15) is 22.9 Å². The molecule has 180 valence electrons. The smallest absolute Gasteiger partial charge is 0.268 e. The van der Waals surface area contributed by atoms with Crippen molar-refractivity contribution in [2.45, 2.75) is 25.7 Å². The number of amides is 1. The van der Waals surface area contributed by atoms with Crippen molar-refractivity contribution in [3.05, 3.63) is 77.4 Å². The maximum absolute atomic E-state index is 13.9. The third kappa shape index (κ3) is 5.17. The van der Waals surface area contributed by atoms with Crippen LogP contribution in [0.3, 0.4) is 0 Å². The second kappa shape index (κ2) is 10.2. The quantitative estimate of drug-likeness (QED) is 0.473. The highest BCUT2D eigenvalue weighted by atomic mass is 32.2. The molecule has 1 amide bonds. The summed E-state index contributed by atoms with van der Waals surface area (Å²) < 4.78 is 39.4. The van der Waals surface area contributed by atoms with E-state index in [-0.39, 0.29) is 16.6 Å². The van der Waals surface area contributed by atoms with Crippen molar-refractivity contribution in [1.82, 2.24) is 0 Å². The van der Waals surface area contributed by atoms with Crippen LogP contribution in [0, 0.1) is 20.8 Å². The first-order chi connectivity index (χ1) is 16.1. The zero-order valence-electron chi connectivity index (χ0n) is 20.3. The number of methoxy groups -OCH3 is 2. The Kier molecular flexibility index (Phi) is 7.51. The first kappa shape index (κ1) is 25.1. The van der Waals surface area contributed by atoms with Gasteiger partial charge in [-0.2, -0.15) is 0 Å². The lowest BCUT2D eigenvalue weighted by atomic mass is 10.1. The van der Waals surface area contributed by atoms with E-state index in [4.69, 9.17) is 9.47 Å². The van der Waals surface area contributed by atoms with Gasteiger partial charge in [-0.15, -0.1) is 0 Å². The summed E-state index contributed by atoms with van der Waals surface area (Å²) in [5.41, 5.74) is 3.94. The first-order valence-electron chi connectivity index (χ1n) is 10.7. The summed E-state index contributed by atoms with van der Waals surface area (Å²) in [5, 5.41) is 0. The van der Waals surface area contributed by atoms with E-state index in [1.165, 1.54) is 19.1 Å². The summed E-state index contributed by atoms with van der Waals surface area (Å²) in [6.07, 6.45) is 0. The molecule has 0 spiro atoms. The van der Waals surface area contributed by atoms with E-state index >= 15 is 0 Å². The van der Waals surface area contributed by atoms with Crippen molar-refractivity contribution in [2.75, 3.05) is 37.0 Å². The van der Waals surface area contributed by atoms with Crippen LogP contribution in [0.15, 0.2) is 65.6 Å². The molecule has 0 aliphatic heterocycles. The normalized spacial score (nSPS) is 11.1. The van der Waals surface area contributed by atoms with Gasteiger partial charge >= 0.3 is 0 Å². The highest BCUT2D eigenvalue weighted by Crippen LogP contribution is 2.32. The van der Waals surface area contributed by atoms with Gasteiger partial charge in [0, 0.05) is 12.7 Å². The zero-order chi connectivity index (χ0) is 25.0. The second-order valence-corrected chi connectivity index (χ2v) is 9.92. The molecule has 0 bridgehead atoms. The number of aryl methyl sites for hydroxylation is 3. The molecule has 0 heterocycles. The van der Waals surface area contributed by atoms with Crippen molar-refractivity contribution in [3.63, 3.8) is 0 Å². The number of sulfonamides is 1. The van der Waals surface area contributed by atoms with Crippen molar-refractivity contribution in [1.29, 1.82) is 0 Å². The summed E-state index contributed by atoms with van der Waals surface area (Å²) in [4.78, 5) is 14.8. The molecule has 0 saturated heterocycles. The van der Waals surface area contributed by atoms with Crippen molar-refractivity contribution in [3.8, 4) is 11.5 Å². The summed E-state index contributed by atoms with van der Waals surface area (Å²) in [7, 11) is 0.440. The molecule has 0 radical (unpaired) electrons. The topological polar surface area (TPSA) is 76.2 Å². The van der Waals surface area contributed by atoms with E-state index in [9.17, 15) is 13.2 Å². The van der Waals surface area contributed by atoms with Crippen molar-refractivity contribution in [2.24, 2.45) is 0 Å². The number of likely N-dealkylation sites (N-methyl/N-ethyl adjacent to an activating group) is 1. The van der Waals surface area contributed by atoms with Crippen LogP contribution in [0.2, 0.25) is 0 Å². The predicted octanol–water partition coefficient (Wildman–Crippen LogP) is 4.49. The molecule has 0 unspecified atom stereocenters. The Balaban J connectivity index is 2.06. The number of nitrogens with zero attached hydrogens (tertiary/aromatic N) is 2. The van der Waals surface area contributed by atoms with Crippen LogP contribution >= 0.6 is 0 Å². The summed E-state index contributed by atoms with van der Waals surface area (Å²) in [6.45, 7) is 5.37. The molecule has 0 aliphatic rings. The van der Waals surface area contributed by atoms with E-state index in [0.717, 1.165) is 21.0 Å². The molecule has 0 N–H and O–H groups in total. The molecule has 3 aromatic carbocycles. The lowest BCUT2D eigenvalue weighted by molar-refractivity contribution is -0.116. The van der Waals surface area contributed by atoms with Crippen molar-refractivity contribution < 1.29 is 22.7 Å². The predicted molar refractivity (Wildman–Crippen MR) is 135 cm³/mol. The Morgan fingerprint density at radius 1 is 0.824 bits per heavy atom. The lowest BCUT2D eigenvalue weighted by Gasteiger charge is -2.27. The van der Waals surface area contributed by atoms with Crippen LogP contribution in [0.25, 0.3) is 0 Å². The number of anilines is 2. The van der Waals surface area contributed by atoms with Crippen LogP contribution in [-0.2, 0) is 14.8 Å². The number of carbonyl (C=O) groups excluding carboxylic acids is 1. The molecule has 8 heteroatoms. The molecule has 0 atom stereocenters. The molecule has 3 aromatic rings. The Morgan fingerprint density at radius 3 is 2.06 bits per heavy atom. The maximum Gasteiger partial charge on any atom is 0.268 e. The number of ether oxygens (including phenoxy) is 2. The second-order valence-electron chi connectivity index (χ2n) is 8.09. The van der Waals surface area contributed by atoms with Gasteiger partial charge in [-0.1, -0.05) is 12.1 Å². The Hall–Kier alpha value is -3.52. The Bertz CT molecular complexity index is 1290. The van der Waals surface area contributed by atoms with E-state index < -0.39 is 16.6 Å². The summed E-state index contributed by atoms with van der Waals surface area (Å²) in [6, 6.07) is 17.1. The van der Waals surface area contributed by atoms with Crippen LogP contribution in [0.5, 0.6) is 11.5 Å². The van der Waals surface area contributed by atoms with Gasteiger partial charge in [-0.3, -0.25) is 9.10 Å². The monoisotopic (exact) mass is 482 g/mol. The van der Waals surface area contributed by atoms with Crippen molar-refractivity contribution >= 4 is 27.3 Å². The highest BCUT2D eigenvalue weighted by molar-refractivity contribution is 7.93. The first-order valence-corrected chi connectivity index (χ1v) is 12.2. The van der Waals surface area contributed by atoms with Gasteiger partial charge < -0.3 is 14.4 Å².